The number of hydrogen-bond donors (Lipinski definition) is 2. The molecule has 2 atom stereocenters. The van der Waals surface area contributed by atoms with Crippen molar-refractivity contribution in [2.45, 2.75) is 31.4 Å². The number of benzene rings is 2. The molecule has 2 aromatic carbocycles. The SMILES string of the molecule is O=C(OCc1ccccc1)C(c1c[nH]c2ccc(Br)cc12)[C@H]1CCCN1. The smallest absolute Gasteiger partial charge is 0.315 e. The topological polar surface area (TPSA) is 54.1 Å². The Morgan fingerprint density at radius 2 is 2.08 bits per heavy atom. The third-order valence-electron chi connectivity index (χ3n) is 4.99. The molecule has 1 aliphatic heterocycles. The zero-order chi connectivity index (χ0) is 17.9. The number of hydrogen-bond acceptors (Lipinski definition) is 3. The Hall–Kier alpha value is -2.11. The van der Waals surface area contributed by atoms with Crippen LogP contribution in [0.3, 0.4) is 0 Å². The molecule has 0 bridgehead atoms. The van der Waals surface area contributed by atoms with E-state index in [4.69, 9.17) is 4.74 Å². The fourth-order valence-corrected chi connectivity index (χ4v) is 4.06. The quantitative estimate of drug-likeness (QED) is 0.606. The van der Waals surface area contributed by atoms with E-state index in [1.165, 1.54) is 0 Å². The van der Waals surface area contributed by atoms with Crippen molar-refractivity contribution in [1.29, 1.82) is 0 Å². The van der Waals surface area contributed by atoms with Crippen LogP contribution in [0.2, 0.25) is 0 Å². The average Bonchev–Trinajstić information content (AvgIpc) is 3.32. The van der Waals surface area contributed by atoms with E-state index >= 15 is 0 Å². The summed E-state index contributed by atoms with van der Waals surface area (Å²) in [6, 6.07) is 16.0. The number of H-pyrrole nitrogens is 1. The normalized spacial score (nSPS) is 18.1. The second-order valence-corrected chi connectivity index (χ2v) is 7.62. The van der Waals surface area contributed by atoms with Crippen LogP contribution in [0.25, 0.3) is 10.9 Å². The van der Waals surface area contributed by atoms with Crippen molar-refractivity contribution in [2.75, 3.05) is 6.54 Å². The van der Waals surface area contributed by atoms with Crippen LogP contribution in [-0.2, 0) is 16.1 Å². The van der Waals surface area contributed by atoms with Crippen LogP contribution >= 0.6 is 15.9 Å². The van der Waals surface area contributed by atoms with Gasteiger partial charge in [-0.2, -0.15) is 0 Å². The minimum Gasteiger partial charge on any atom is -0.460 e. The molecule has 0 saturated carbocycles. The fraction of sp³-hybridized carbons (Fsp3) is 0.286. The van der Waals surface area contributed by atoms with Crippen LogP contribution in [-0.4, -0.2) is 23.5 Å². The molecular weight excluding hydrogens is 392 g/mol. The Kier molecular flexibility index (Phi) is 5.09. The van der Waals surface area contributed by atoms with Crippen molar-refractivity contribution in [2.24, 2.45) is 0 Å². The molecule has 4 rings (SSSR count). The number of rotatable bonds is 5. The lowest BCUT2D eigenvalue weighted by Gasteiger charge is -2.22. The molecule has 1 saturated heterocycles. The largest absolute Gasteiger partial charge is 0.460 e. The highest BCUT2D eigenvalue weighted by atomic mass is 79.9. The van der Waals surface area contributed by atoms with Gasteiger partial charge in [0, 0.05) is 27.6 Å². The van der Waals surface area contributed by atoms with E-state index in [9.17, 15) is 4.79 Å². The Morgan fingerprint density at radius 3 is 2.85 bits per heavy atom. The molecule has 2 N–H and O–H groups in total. The van der Waals surface area contributed by atoms with Gasteiger partial charge in [0.05, 0.1) is 5.92 Å². The minimum atomic E-state index is -0.315. The van der Waals surface area contributed by atoms with Gasteiger partial charge >= 0.3 is 5.97 Å². The van der Waals surface area contributed by atoms with E-state index in [1.54, 1.807) is 0 Å². The van der Waals surface area contributed by atoms with E-state index in [2.05, 4.69) is 32.3 Å². The van der Waals surface area contributed by atoms with Crippen LogP contribution in [0.5, 0.6) is 0 Å². The Balaban J connectivity index is 1.63. The number of aromatic nitrogens is 1. The molecule has 4 nitrogen and oxygen atoms in total. The third kappa shape index (κ3) is 3.55. The van der Waals surface area contributed by atoms with Crippen LogP contribution < -0.4 is 5.32 Å². The number of nitrogens with one attached hydrogen (secondary N) is 2. The Bertz CT molecular complexity index is 901. The van der Waals surface area contributed by atoms with Gasteiger partial charge in [-0.15, -0.1) is 0 Å². The lowest BCUT2D eigenvalue weighted by atomic mass is 9.90. The minimum absolute atomic E-state index is 0.108. The zero-order valence-electron chi connectivity index (χ0n) is 14.4. The molecule has 0 amide bonds. The monoisotopic (exact) mass is 412 g/mol. The van der Waals surface area contributed by atoms with Gasteiger partial charge in [0.1, 0.15) is 6.61 Å². The highest BCUT2D eigenvalue weighted by Crippen LogP contribution is 2.33. The van der Waals surface area contributed by atoms with Crippen LogP contribution in [0.15, 0.2) is 59.2 Å². The summed E-state index contributed by atoms with van der Waals surface area (Å²) in [5, 5.41) is 4.54. The summed E-state index contributed by atoms with van der Waals surface area (Å²) in [5.74, 6) is -0.488. The molecule has 1 aromatic heterocycles. The lowest BCUT2D eigenvalue weighted by molar-refractivity contribution is -0.147. The van der Waals surface area contributed by atoms with E-state index in [1.807, 2.05) is 48.7 Å². The number of aromatic amines is 1. The molecule has 26 heavy (non-hydrogen) atoms. The van der Waals surface area contributed by atoms with E-state index < -0.39 is 0 Å². The van der Waals surface area contributed by atoms with Crippen molar-refractivity contribution < 1.29 is 9.53 Å². The highest BCUT2D eigenvalue weighted by molar-refractivity contribution is 9.10. The second-order valence-electron chi connectivity index (χ2n) is 6.71. The van der Waals surface area contributed by atoms with Gasteiger partial charge in [0.2, 0.25) is 0 Å². The van der Waals surface area contributed by atoms with Crippen LogP contribution in [0, 0.1) is 0 Å². The van der Waals surface area contributed by atoms with E-state index in [-0.39, 0.29) is 17.9 Å². The maximum absolute atomic E-state index is 13.0. The molecule has 1 unspecified atom stereocenters. The number of carbonyl (C=O) groups is 1. The zero-order valence-corrected chi connectivity index (χ0v) is 16.0. The van der Waals surface area contributed by atoms with Gasteiger partial charge in [-0.1, -0.05) is 46.3 Å². The van der Waals surface area contributed by atoms with Gasteiger partial charge in [-0.25, -0.2) is 0 Å². The highest BCUT2D eigenvalue weighted by Gasteiger charge is 2.34. The van der Waals surface area contributed by atoms with E-state index in [0.29, 0.717) is 6.61 Å². The van der Waals surface area contributed by atoms with Crippen LogP contribution in [0.4, 0.5) is 0 Å². The molecular formula is C21H21BrN2O2. The molecule has 0 radical (unpaired) electrons. The standard InChI is InChI=1S/C21H21BrN2O2/c22-15-8-9-18-16(11-15)17(12-24-18)20(19-7-4-10-23-19)21(25)26-13-14-5-2-1-3-6-14/h1-3,5-6,8-9,11-12,19-20,23-24H,4,7,10,13H2/t19-,20?/m1/s1. The first-order chi connectivity index (χ1) is 12.7. The fourth-order valence-electron chi connectivity index (χ4n) is 3.69. The first kappa shape index (κ1) is 17.3. The summed E-state index contributed by atoms with van der Waals surface area (Å²) in [5.41, 5.74) is 3.03. The summed E-state index contributed by atoms with van der Waals surface area (Å²) < 4.78 is 6.70. The average molecular weight is 413 g/mol. The molecule has 0 aliphatic carbocycles. The molecule has 0 spiro atoms. The van der Waals surface area contributed by atoms with Gasteiger partial charge in [-0.05, 0) is 48.7 Å². The first-order valence-electron chi connectivity index (χ1n) is 8.93. The number of halogens is 1. The maximum atomic E-state index is 13.0. The van der Waals surface area contributed by atoms with Crippen molar-refractivity contribution >= 4 is 32.8 Å². The molecule has 2 heterocycles. The molecule has 1 aliphatic rings. The molecule has 134 valence electrons. The Morgan fingerprint density at radius 1 is 1.23 bits per heavy atom. The van der Waals surface area contributed by atoms with Gasteiger partial charge in [0.25, 0.3) is 0 Å². The predicted molar refractivity (Wildman–Crippen MR) is 106 cm³/mol. The third-order valence-corrected chi connectivity index (χ3v) is 5.48. The number of carbonyl (C=O) groups excluding carboxylic acids is 1. The summed E-state index contributed by atoms with van der Waals surface area (Å²) in [7, 11) is 0. The lowest BCUT2D eigenvalue weighted by Crippen LogP contribution is -2.34. The van der Waals surface area contributed by atoms with Gasteiger partial charge in [-0.3, -0.25) is 4.79 Å². The Labute approximate surface area is 161 Å². The van der Waals surface area contributed by atoms with E-state index in [0.717, 1.165) is 45.9 Å². The summed E-state index contributed by atoms with van der Waals surface area (Å²) >= 11 is 3.54. The predicted octanol–water partition coefficient (Wildman–Crippen LogP) is 4.51. The molecule has 3 aromatic rings. The maximum Gasteiger partial charge on any atom is 0.315 e. The van der Waals surface area contributed by atoms with Gasteiger partial charge < -0.3 is 15.0 Å². The first-order valence-corrected chi connectivity index (χ1v) is 9.72. The van der Waals surface area contributed by atoms with Crippen molar-refractivity contribution in [3.63, 3.8) is 0 Å². The molecule has 1 fully saturated rings. The van der Waals surface area contributed by atoms with Crippen molar-refractivity contribution in [1.82, 2.24) is 10.3 Å². The molecule has 5 heteroatoms. The van der Waals surface area contributed by atoms with Gasteiger partial charge in [0.15, 0.2) is 0 Å². The summed E-state index contributed by atoms with van der Waals surface area (Å²) in [4.78, 5) is 16.3. The number of fused-ring (bicyclic) bond motifs is 1. The number of esters is 1. The van der Waals surface area contributed by atoms with Crippen molar-refractivity contribution in [3.8, 4) is 0 Å². The summed E-state index contributed by atoms with van der Waals surface area (Å²) in [6.45, 7) is 1.24. The van der Waals surface area contributed by atoms with Crippen molar-refractivity contribution in [3.05, 3.63) is 70.3 Å². The second kappa shape index (κ2) is 7.64. The summed E-state index contributed by atoms with van der Waals surface area (Å²) in [6.07, 6.45) is 4.01. The van der Waals surface area contributed by atoms with Crippen LogP contribution in [0.1, 0.15) is 29.9 Å². The number of ether oxygens (including phenoxy) is 1.